The molecular weight excluding hydrogens is 363 g/mol. The number of nitrogens with one attached hydrogen (secondary N) is 1. The summed E-state index contributed by atoms with van der Waals surface area (Å²) >= 11 is 0. The fourth-order valence-electron chi connectivity index (χ4n) is 3.65. The van der Waals surface area contributed by atoms with Gasteiger partial charge in [0.1, 0.15) is 11.6 Å². The van der Waals surface area contributed by atoms with Crippen molar-refractivity contribution in [2.75, 3.05) is 36.0 Å². The third-order valence-electron chi connectivity index (χ3n) is 5.38. The zero-order valence-corrected chi connectivity index (χ0v) is 16.8. The Bertz CT molecular complexity index is 916. The minimum absolute atomic E-state index is 0.190. The SMILES string of the molecule is Cc1ccc(CNCc2ccnc(N3CCN(c4ccc(F)cc4)CC3)c2)cc1. The summed E-state index contributed by atoms with van der Waals surface area (Å²) < 4.78 is 13.1. The summed E-state index contributed by atoms with van der Waals surface area (Å²) in [6.07, 6.45) is 1.89. The smallest absolute Gasteiger partial charge is 0.128 e. The number of anilines is 2. The molecule has 1 fully saturated rings. The van der Waals surface area contributed by atoms with Gasteiger partial charge >= 0.3 is 0 Å². The first-order valence-corrected chi connectivity index (χ1v) is 10.1. The molecule has 0 atom stereocenters. The lowest BCUT2D eigenvalue weighted by Gasteiger charge is -2.36. The van der Waals surface area contributed by atoms with Crippen LogP contribution in [0.3, 0.4) is 0 Å². The maximum absolute atomic E-state index is 13.1. The van der Waals surface area contributed by atoms with E-state index in [1.807, 2.05) is 18.3 Å². The van der Waals surface area contributed by atoms with Crippen LogP contribution in [0.5, 0.6) is 0 Å². The van der Waals surface area contributed by atoms with E-state index in [0.717, 1.165) is 50.8 Å². The number of nitrogens with zero attached hydrogens (tertiary/aromatic N) is 3. The fraction of sp³-hybridized carbons (Fsp3) is 0.292. The lowest BCUT2D eigenvalue weighted by atomic mass is 10.1. The maximum Gasteiger partial charge on any atom is 0.128 e. The van der Waals surface area contributed by atoms with Crippen LogP contribution in [0.2, 0.25) is 0 Å². The van der Waals surface area contributed by atoms with Crippen LogP contribution in [-0.4, -0.2) is 31.2 Å². The number of piperazine rings is 1. The van der Waals surface area contributed by atoms with E-state index in [0.29, 0.717) is 0 Å². The molecule has 0 radical (unpaired) electrons. The Hall–Kier alpha value is -2.92. The highest BCUT2D eigenvalue weighted by molar-refractivity contribution is 5.49. The normalized spacial score (nSPS) is 14.3. The Morgan fingerprint density at radius 1 is 0.828 bits per heavy atom. The van der Waals surface area contributed by atoms with Crippen LogP contribution in [-0.2, 0) is 13.1 Å². The molecule has 2 aromatic carbocycles. The highest BCUT2D eigenvalue weighted by Gasteiger charge is 2.18. The number of hydrogen-bond donors (Lipinski definition) is 1. The van der Waals surface area contributed by atoms with Gasteiger partial charge in [0, 0.05) is 51.2 Å². The highest BCUT2D eigenvalue weighted by atomic mass is 19.1. The van der Waals surface area contributed by atoms with Crippen LogP contribution < -0.4 is 15.1 Å². The molecule has 29 heavy (non-hydrogen) atoms. The number of pyridine rings is 1. The first-order chi connectivity index (χ1) is 14.2. The molecule has 4 nitrogen and oxygen atoms in total. The number of benzene rings is 2. The summed E-state index contributed by atoms with van der Waals surface area (Å²) in [6.45, 7) is 7.41. The van der Waals surface area contributed by atoms with Gasteiger partial charge in [-0.05, 0) is 54.4 Å². The first-order valence-electron chi connectivity index (χ1n) is 10.1. The van der Waals surface area contributed by atoms with Gasteiger partial charge < -0.3 is 15.1 Å². The van der Waals surface area contributed by atoms with Gasteiger partial charge in [0.25, 0.3) is 0 Å². The van der Waals surface area contributed by atoms with E-state index in [1.54, 1.807) is 0 Å². The average Bonchev–Trinajstić information content (AvgIpc) is 2.76. The second-order valence-electron chi connectivity index (χ2n) is 7.56. The topological polar surface area (TPSA) is 31.4 Å². The van der Waals surface area contributed by atoms with Gasteiger partial charge in [0.05, 0.1) is 0 Å². The Labute approximate surface area is 172 Å². The highest BCUT2D eigenvalue weighted by Crippen LogP contribution is 2.20. The van der Waals surface area contributed by atoms with E-state index in [2.05, 4.69) is 63.4 Å². The van der Waals surface area contributed by atoms with Crippen LogP contribution >= 0.6 is 0 Å². The Morgan fingerprint density at radius 2 is 1.48 bits per heavy atom. The van der Waals surface area contributed by atoms with Gasteiger partial charge in [-0.2, -0.15) is 0 Å². The van der Waals surface area contributed by atoms with E-state index in [1.165, 1.54) is 28.8 Å². The lowest BCUT2D eigenvalue weighted by molar-refractivity contribution is 0.624. The number of rotatable bonds is 6. The molecule has 1 N–H and O–H groups in total. The van der Waals surface area contributed by atoms with E-state index in [4.69, 9.17) is 0 Å². The Balaban J connectivity index is 1.30. The summed E-state index contributed by atoms with van der Waals surface area (Å²) in [7, 11) is 0. The number of halogens is 1. The second kappa shape index (κ2) is 9.05. The Morgan fingerprint density at radius 3 is 2.21 bits per heavy atom. The summed E-state index contributed by atoms with van der Waals surface area (Å²) in [5, 5.41) is 3.52. The molecule has 1 saturated heterocycles. The first kappa shape index (κ1) is 19.4. The molecule has 0 aliphatic carbocycles. The minimum atomic E-state index is -0.190. The summed E-state index contributed by atoms with van der Waals surface area (Å²) in [5.41, 5.74) is 4.89. The van der Waals surface area contributed by atoms with Gasteiger partial charge in [0.15, 0.2) is 0 Å². The molecule has 3 aromatic rings. The zero-order chi connectivity index (χ0) is 20.1. The van der Waals surface area contributed by atoms with Crippen LogP contribution in [0.1, 0.15) is 16.7 Å². The van der Waals surface area contributed by atoms with Gasteiger partial charge in [0.2, 0.25) is 0 Å². The predicted octanol–water partition coefficient (Wildman–Crippen LogP) is 4.15. The number of hydrogen-bond acceptors (Lipinski definition) is 4. The fourth-order valence-corrected chi connectivity index (χ4v) is 3.65. The van der Waals surface area contributed by atoms with Crippen LogP contribution in [0.15, 0.2) is 66.9 Å². The molecule has 150 valence electrons. The molecule has 0 bridgehead atoms. The van der Waals surface area contributed by atoms with Crippen molar-refractivity contribution < 1.29 is 4.39 Å². The van der Waals surface area contributed by atoms with Crippen molar-refractivity contribution in [3.63, 3.8) is 0 Å². The van der Waals surface area contributed by atoms with Gasteiger partial charge in [-0.1, -0.05) is 29.8 Å². The second-order valence-corrected chi connectivity index (χ2v) is 7.56. The average molecular weight is 391 g/mol. The lowest BCUT2D eigenvalue weighted by Crippen LogP contribution is -2.46. The third-order valence-corrected chi connectivity index (χ3v) is 5.38. The standard InChI is InChI=1S/C24H27FN4/c1-19-2-4-20(5-3-19)17-26-18-21-10-11-27-24(16-21)29-14-12-28(13-15-29)23-8-6-22(25)7-9-23/h2-11,16,26H,12-15,17-18H2,1H3. The van der Waals surface area contributed by atoms with Crippen LogP contribution in [0.4, 0.5) is 15.9 Å². The van der Waals surface area contributed by atoms with Crippen molar-refractivity contribution in [3.8, 4) is 0 Å². The largest absolute Gasteiger partial charge is 0.368 e. The summed E-state index contributed by atoms with van der Waals surface area (Å²) in [6, 6.07) is 19.6. The van der Waals surface area contributed by atoms with Gasteiger partial charge in [-0.25, -0.2) is 9.37 Å². The van der Waals surface area contributed by atoms with Gasteiger partial charge in [-0.3, -0.25) is 0 Å². The van der Waals surface area contributed by atoms with E-state index in [9.17, 15) is 4.39 Å². The molecular formula is C24H27FN4. The molecule has 5 heteroatoms. The molecule has 4 rings (SSSR count). The summed E-state index contributed by atoms with van der Waals surface area (Å²) in [4.78, 5) is 9.20. The third kappa shape index (κ3) is 5.12. The van der Waals surface area contributed by atoms with Crippen molar-refractivity contribution >= 4 is 11.5 Å². The number of aromatic nitrogens is 1. The van der Waals surface area contributed by atoms with E-state index in [-0.39, 0.29) is 5.82 Å². The molecule has 0 spiro atoms. The van der Waals surface area contributed by atoms with Crippen molar-refractivity contribution in [3.05, 3.63) is 89.4 Å². The van der Waals surface area contributed by atoms with Crippen molar-refractivity contribution in [2.45, 2.75) is 20.0 Å². The predicted molar refractivity (Wildman–Crippen MR) is 117 cm³/mol. The molecule has 0 saturated carbocycles. The van der Waals surface area contributed by atoms with Crippen molar-refractivity contribution in [1.29, 1.82) is 0 Å². The van der Waals surface area contributed by atoms with Gasteiger partial charge in [-0.15, -0.1) is 0 Å². The van der Waals surface area contributed by atoms with E-state index < -0.39 is 0 Å². The minimum Gasteiger partial charge on any atom is -0.368 e. The molecule has 1 aliphatic rings. The quantitative estimate of drug-likeness (QED) is 0.685. The van der Waals surface area contributed by atoms with E-state index >= 15 is 0 Å². The number of aryl methyl sites for hydroxylation is 1. The zero-order valence-electron chi connectivity index (χ0n) is 16.8. The van der Waals surface area contributed by atoms with Crippen molar-refractivity contribution in [1.82, 2.24) is 10.3 Å². The Kier molecular flexibility index (Phi) is 6.06. The van der Waals surface area contributed by atoms with Crippen LogP contribution in [0, 0.1) is 12.7 Å². The maximum atomic E-state index is 13.1. The monoisotopic (exact) mass is 390 g/mol. The molecule has 1 aliphatic heterocycles. The molecule has 0 unspecified atom stereocenters. The molecule has 2 heterocycles. The summed E-state index contributed by atoms with van der Waals surface area (Å²) in [5.74, 6) is 0.836. The van der Waals surface area contributed by atoms with Crippen LogP contribution in [0.25, 0.3) is 0 Å². The van der Waals surface area contributed by atoms with Crippen molar-refractivity contribution in [2.24, 2.45) is 0 Å². The molecule has 0 amide bonds. The molecule has 1 aromatic heterocycles.